The number of methoxy groups -OCH3 is 1. The third-order valence-corrected chi connectivity index (χ3v) is 0.289. The molecule has 50 valence electrons. The Morgan fingerprint density at radius 3 is 2.00 bits per heavy atom. The summed E-state index contributed by atoms with van der Waals surface area (Å²) in [4.78, 5) is 0. The summed E-state index contributed by atoms with van der Waals surface area (Å²) in [5.74, 6) is 0. The van der Waals surface area contributed by atoms with Crippen LogP contribution in [-0.2, 0) is 4.74 Å². The molecule has 0 saturated carbocycles. The number of thiocarbonyl (C=S) groups is 1. The van der Waals surface area contributed by atoms with Crippen molar-refractivity contribution in [1.82, 2.24) is 0 Å². The Labute approximate surface area is 60.8 Å². The first kappa shape index (κ1) is 11.1. The highest BCUT2D eigenvalue weighted by Crippen LogP contribution is 1.63. The summed E-state index contributed by atoms with van der Waals surface area (Å²) < 4.78 is 4.74. The lowest BCUT2D eigenvalue weighted by Crippen LogP contribution is -1.94. The molecule has 8 heavy (non-hydrogen) atoms. The summed E-state index contributed by atoms with van der Waals surface area (Å²) >= 11 is 7.65. The SMILES string of the molecule is CCOC.NC(=S)S. The predicted molar refractivity (Wildman–Crippen MR) is 43.3 cm³/mol. The van der Waals surface area contributed by atoms with Gasteiger partial charge in [0.1, 0.15) is 4.32 Å². The normalized spacial score (nSPS) is 6.88. The summed E-state index contributed by atoms with van der Waals surface area (Å²) in [7, 11) is 1.68. The Kier molecular flexibility index (Phi) is 14.1. The lowest BCUT2D eigenvalue weighted by Gasteiger charge is -1.76. The highest BCUT2D eigenvalue weighted by Gasteiger charge is 1.56. The maximum absolute atomic E-state index is 4.71. The molecule has 0 fully saturated rings. The van der Waals surface area contributed by atoms with Crippen LogP contribution in [0, 0.1) is 0 Å². The van der Waals surface area contributed by atoms with Gasteiger partial charge in [0.2, 0.25) is 0 Å². The number of hydrogen-bond donors (Lipinski definition) is 2. The highest BCUT2D eigenvalue weighted by atomic mass is 32.1. The van der Waals surface area contributed by atoms with Crippen LogP contribution in [0.5, 0.6) is 0 Å². The summed E-state index contributed by atoms with van der Waals surface area (Å²) in [6, 6.07) is 0. The maximum atomic E-state index is 4.71. The molecule has 0 aromatic heterocycles. The van der Waals surface area contributed by atoms with E-state index in [-0.39, 0.29) is 4.32 Å². The van der Waals surface area contributed by atoms with Crippen molar-refractivity contribution in [2.75, 3.05) is 13.7 Å². The van der Waals surface area contributed by atoms with Crippen LogP contribution < -0.4 is 5.73 Å². The molecule has 0 heterocycles. The highest BCUT2D eigenvalue weighted by molar-refractivity contribution is 8.10. The summed E-state index contributed by atoms with van der Waals surface area (Å²) in [5.41, 5.74) is 4.71. The van der Waals surface area contributed by atoms with Crippen molar-refractivity contribution in [2.45, 2.75) is 6.92 Å². The van der Waals surface area contributed by atoms with Gasteiger partial charge in [0.15, 0.2) is 0 Å². The largest absolute Gasteiger partial charge is 0.385 e. The Balaban J connectivity index is 0. The molecule has 0 aromatic carbocycles. The molecule has 0 aliphatic carbocycles. The fourth-order valence-corrected chi connectivity index (χ4v) is 0. The number of rotatable bonds is 1. The van der Waals surface area contributed by atoms with Gasteiger partial charge in [-0.2, -0.15) is 0 Å². The topological polar surface area (TPSA) is 35.2 Å². The summed E-state index contributed by atoms with van der Waals surface area (Å²) in [6.07, 6.45) is 0. The molecule has 0 atom stereocenters. The predicted octanol–water partition coefficient (Wildman–Crippen LogP) is 0.812. The second-order valence-corrected chi connectivity index (χ2v) is 2.14. The Hall–Kier alpha value is 0.200. The quantitative estimate of drug-likeness (QED) is 0.432. The fraction of sp³-hybridized carbons (Fsp3) is 0.750. The lowest BCUT2D eigenvalue weighted by molar-refractivity contribution is 0.215. The van der Waals surface area contributed by atoms with Crippen molar-refractivity contribution in [3.8, 4) is 0 Å². The molecular weight excluding hydrogens is 142 g/mol. The van der Waals surface area contributed by atoms with Gasteiger partial charge in [0.25, 0.3) is 0 Å². The van der Waals surface area contributed by atoms with Crippen molar-refractivity contribution in [2.24, 2.45) is 5.73 Å². The Bertz CT molecular complexity index is 52.0. The molecule has 0 rings (SSSR count). The molecule has 4 heteroatoms. The first-order valence-electron chi connectivity index (χ1n) is 2.12. The van der Waals surface area contributed by atoms with E-state index >= 15 is 0 Å². The van der Waals surface area contributed by atoms with Crippen LogP contribution in [0.15, 0.2) is 0 Å². The van der Waals surface area contributed by atoms with Crippen LogP contribution in [0.25, 0.3) is 0 Å². The van der Waals surface area contributed by atoms with E-state index in [1.807, 2.05) is 6.92 Å². The van der Waals surface area contributed by atoms with Crippen LogP contribution >= 0.6 is 24.8 Å². The van der Waals surface area contributed by atoms with E-state index in [4.69, 9.17) is 5.73 Å². The number of ether oxygens (including phenoxy) is 1. The standard InChI is InChI=1S/C3H8O.CH3NS2/c1-3-4-2;2-1(3)4/h3H2,1-2H3;(H3,2,3,4). The fourth-order valence-electron chi connectivity index (χ4n) is 0. The molecule has 0 bridgehead atoms. The number of nitrogens with two attached hydrogens (primary N) is 1. The average Bonchev–Trinajstić information content (AvgIpc) is 1.65. The Morgan fingerprint density at radius 1 is 1.88 bits per heavy atom. The molecule has 0 radical (unpaired) electrons. The minimum absolute atomic E-state index is 0.194. The van der Waals surface area contributed by atoms with E-state index in [0.29, 0.717) is 0 Å². The summed E-state index contributed by atoms with van der Waals surface area (Å²) in [5, 5.41) is 0. The van der Waals surface area contributed by atoms with Gasteiger partial charge in [-0.15, -0.1) is 12.6 Å². The van der Waals surface area contributed by atoms with Crippen molar-refractivity contribution in [3.05, 3.63) is 0 Å². The molecule has 0 saturated heterocycles. The van der Waals surface area contributed by atoms with Crippen LogP contribution in [0.2, 0.25) is 0 Å². The molecule has 0 amide bonds. The Morgan fingerprint density at radius 2 is 2.00 bits per heavy atom. The van der Waals surface area contributed by atoms with Gasteiger partial charge in [0, 0.05) is 13.7 Å². The molecule has 0 aromatic rings. The second-order valence-electron chi connectivity index (χ2n) is 0.916. The van der Waals surface area contributed by atoms with Crippen LogP contribution in [0.1, 0.15) is 6.92 Å². The van der Waals surface area contributed by atoms with Crippen LogP contribution in [0.4, 0.5) is 0 Å². The van der Waals surface area contributed by atoms with E-state index in [9.17, 15) is 0 Å². The third-order valence-electron chi connectivity index (χ3n) is 0.289. The zero-order chi connectivity index (χ0) is 6.99. The smallest absolute Gasteiger partial charge is 0.128 e. The monoisotopic (exact) mass is 153 g/mol. The van der Waals surface area contributed by atoms with Crippen molar-refractivity contribution < 1.29 is 4.74 Å². The molecule has 0 unspecified atom stereocenters. The van der Waals surface area contributed by atoms with Gasteiger partial charge < -0.3 is 10.5 Å². The first-order valence-corrected chi connectivity index (χ1v) is 2.98. The van der Waals surface area contributed by atoms with E-state index in [1.54, 1.807) is 7.11 Å². The minimum Gasteiger partial charge on any atom is -0.385 e. The van der Waals surface area contributed by atoms with Gasteiger partial charge in [0.05, 0.1) is 0 Å². The van der Waals surface area contributed by atoms with Gasteiger partial charge in [-0.05, 0) is 6.92 Å². The van der Waals surface area contributed by atoms with Crippen LogP contribution in [0.3, 0.4) is 0 Å². The zero-order valence-electron chi connectivity index (χ0n) is 5.05. The number of thiol groups is 1. The lowest BCUT2D eigenvalue weighted by atomic mass is 10.9. The molecule has 2 N–H and O–H groups in total. The molecule has 0 spiro atoms. The van der Waals surface area contributed by atoms with E-state index in [1.165, 1.54) is 0 Å². The third kappa shape index (κ3) is 116. The molecular formula is C4H11NOS2. The van der Waals surface area contributed by atoms with Gasteiger partial charge in [-0.3, -0.25) is 0 Å². The average molecular weight is 153 g/mol. The maximum Gasteiger partial charge on any atom is 0.128 e. The molecule has 2 nitrogen and oxygen atoms in total. The molecule has 0 aliphatic heterocycles. The van der Waals surface area contributed by atoms with E-state index in [2.05, 4.69) is 29.6 Å². The minimum atomic E-state index is 0.194. The first-order chi connectivity index (χ1) is 3.65. The van der Waals surface area contributed by atoms with Gasteiger partial charge >= 0.3 is 0 Å². The van der Waals surface area contributed by atoms with Crippen molar-refractivity contribution >= 4 is 29.2 Å². The van der Waals surface area contributed by atoms with Crippen molar-refractivity contribution in [3.63, 3.8) is 0 Å². The summed E-state index contributed by atoms with van der Waals surface area (Å²) in [6.45, 7) is 2.78. The van der Waals surface area contributed by atoms with Gasteiger partial charge in [-0.1, -0.05) is 12.2 Å². The second kappa shape index (κ2) is 10.2. The molecule has 0 aliphatic rings. The van der Waals surface area contributed by atoms with Crippen molar-refractivity contribution in [1.29, 1.82) is 0 Å². The zero-order valence-corrected chi connectivity index (χ0v) is 6.76. The van der Waals surface area contributed by atoms with E-state index < -0.39 is 0 Å². The van der Waals surface area contributed by atoms with Gasteiger partial charge in [-0.25, -0.2) is 0 Å². The van der Waals surface area contributed by atoms with Crippen LogP contribution in [-0.4, -0.2) is 18.0 Å². The number of hydrogen-bond acceptors (Lipinski definition) is 2. The van der Waals surface area contributed by atoms with E-state index in [0.717, 1.165) is 6.61 Å².